The monoisotopic (exact) mass is 376 g/mol. The standard InChI is InChI=1S/C18H18FN3O3S/c1-2-3-9-21-17(24)16-14(8-10-26-16)22(18(21)25)11-15(23)20-13-6-4-12(19)5-7-13/h4-8,10,16H,2-3,9,11H2,1H3/p+1. The lowest BCUT2D eigenvalue weighted by molar-refractivity contribution is -0.425. The first-order chi connectivity index (χ1) is 12.5. The molecule has 8 heteroatoms. The lowest BCUT2D eigenvalue weighted by Gasteiger charge is -2.24. The summed E-state index contributed by atoms with van der Waals surface area (Å²) in [7, 11) is 0. The fourth-order valence-electron chi connectivity index (χ4n) is 2.81. The number of thioether (sulfide) groups is 1. The highest BCUT2D eigenvalue weighted by molar-refractivity contribution is 8.04. The summed E-state index contributed by atoms with van der Waals surface area (Å²) in [5, 5.41) is 3.92. The van der Waals surface area contributed by atoms with Gasteiger partial charge in [0, 0.05) is 5.69 Å². The van der Waals surface area contributed by atoms with Gasteiger partial charge in [-0.25, -0.2) is 9.18 Å². The number of carbonyl (C=O) groups is 3. The Labute approximate surface area is 154 Å². The van der Waals surface area contributed by atoms with Gasteiger partial charge in [0.25, 0.3) is 5.91 Å². The van der Waals surface area contributed by atoms with E-state index < -0.39 is 23.0 Å². The second kappa shape index (κ2) is 7.82. The molecule has 6 nitrogen and oxygen atoms in total. The average Bonchev–Trinajstić information content (AvgIpc) is 3.10. The summed E-state index contributed by atoms with van der Waals surface area (Å²) in [4.78, 5) is 38.9. The molecule has 1 atom stereocenters. The van der Waals surface area contributed by atoms with Crippen LogP contribution < -0.4 is 5.32 Å². The zero-order chi connectivity index (χ0) is 18.7. The number of fused-ring (bicyclic) bond motifs is 1. The first kappa shape index (κ1) is 18.3. The molecule has 1 aromatic carbocycles. The largest absolute Gasteiger partial charge is 0.501 e. The number of carbonyl (C=O) groups excluding carboxylic acids is 3. The predicted octanol–water partition coefficient (Wildman–Crippen LogP) is 2.61. The molecule has 0 aliphatic carbocycles. The summed E-state index contributed by atoms with van der Waals surface area (Å²) in [6.07, 6.45) is 3.27. The zero-order valence-corrected chi connectivity index (χ0v) is 15.1. The topological polar surface area (TPSA) is 69.5 Å². The Hall–Kier alpha value is -2.48. The van der Waals surface area contributed by atoms with Crippen molar-refractivity contribution in [3.63, 3.8) is 0 Å². The molecule has 2 aliphatic rings. The number of imide groups is 1. The summed E-state index contributed by atoms with van der Waals surface area (Å²) in [6.45, 7) is 2.12. The lowest BCUT2D eigenvalue weighted by Crippen LogP contribution is -2.56. The molecule has 136 valence electrons. The number of hydrogen-bond acceptors (Lipinski definition) is 4. The van der Waals surface area contributed by atoms with E-state index in [-0.39, 0.29) is 12.5 Å². The van der Waals surface area contributed by atoms with Gasteiger partial charge in [0.15, 0.2) is 11.8 Å². The van der Waals surface area contributed by atoms with Gasteiger partial charge in [-0.05, 0) is 42.2 Å². The maximum atomic E-state index is 13.0. The van der Waals surface area contributed by atoms with Crippen LogP contribution in [0.1, 0.15) is 19.8 Å². The van der Waals surface area contributed by atoms with E-state index in [1.54, 1.807) is 11.5 Å². The maximum absolute atomic E-state index is 13.0. The predicted molar refractivity (Wildman–Crippen MR) is 97.7 cm³/mol. The van der Waals surface area contributed by atoms with Gasteiger partial charge in [-0.3, -0.25) is 4.79 Å². The van der Waals surface area contributed by atoms with Crippen LogP contribution in [0.5, 0.6) is 0 Å². The van der Waals surface area contributed by atoms with Crippen LogP contribution in [-0.4, -0.2) is 51.4 Å². The average molecular weight is 376 g/mol. The molecule has 2 heterocycles. The third-order valence-corrected chi connectivity index (χ3v) is 5.16. The number of amides is 4. The molecular weight excluding hydrogens is 357 g/mol. The highest BCUT2D eigenvalue weighted by atomic mass is 32.2. The van der Waals surface area contributed by atoms with Crippen LogP contribution in [0.4, 0.5) is 14.9 Å². The first-order valence-corrected chi connectivity index (χ1v) is 9.32. The molecule has 1 unspecified atom stereocenters. The third kappa shape index (κ3) is 3.70. The normalized spacial score (nSPS) is 19.2. The summed E-state index contributed by atoms with van der Waals surface area (Å²) in [5.41, 5.74) is 0.977. The Morgan fingerprint density at radius 3 is 2.73 bits per heavy atom. The quantitative estimate of drug-likeness (QED) is 0.775. The van der Waals surface area contributed by atoms with Gasteiger partial charge >= 0.3 is 11.9 Å². The van der Waals surface area contributed by atoms with Crippen LogP contribution in [0, 0.1) is 5.82 Å². The number of nitrogens with one attached hydrogen (secondary N) is 1. The Morgan fingerprint density at radius 2 is 2.04 bits per heavy atom. The number of nitrogens with zero attached hydrogens (tertiary/aromatic N) is 2. The highest BCUT2D eigenvalue weighted by Crippen LogP contribution is 2.28. The van der Waals surface area contributed by atoms with Crippen molar-refractivity contribution >= 4 is 41.0 Å². The lowest BCUT2D eigenvalue weighted by atomic mass is 10.1. The van der Waals surface area contributed by atoms with Gasteiger partial charge in [-0.15, -0.1) is 11.8 Å². The number of hydrogen-bond donors (Lipinski definition) is 1. The summed E-state index contributed by atoms with van der Waals surface area (Å²) >= 11 is 1.33. The van der Waals surface area contributed by atoms with Crippen LogP contribution in [-0.2, 0) is 9.59 Å². The smallest absolute Gasteiger partial charge is 0.323 e. The molecule has 0 saturated heterocycles. The number of benzene rings is 1. The van der Waals surface area contributed by atoms with Crippen LogP contribution in [0.3, 0.4) is 0 Å². The number of unbranched alkanes of at least 4 members (excludes halogenated alkanes) is 1. The molecule has 1 N–H and O–H groups in total. The van der Waals surface area contributed by atoms with Crippen LogP contribution in [0.25, 0.3) is 0 Å². The van der Waals surface area contributed by atoms with E-state index >= 15 is 0 Å². The Kier molecular flexibility index (Phi) is 5.51. The molecule has 0 saturated carbocycles. The number of allylic oxidation sites excluding steroid dienone is 1. The van der Waals surface area contributed by atoms with Gasteiger partial charge in [0.05, 0.1) is 6.54 Å². The molecule has 2 aliphatic heterocycles. The molecule has 26 heavy (non-hydrogen) atoms. The molecule has 0 aromatic heterocycles. The van der Waals surface area contributed by atoms with Crippen molar-refractivity contribution in [2.24, 2.45) is 0 Å². The maximum Gasteiger partial charge on any atom is 0.501 e. The van der Waals surface area contributed by atoms with E-state index in [0.29, 0.717) is 24.4 Å². The molecule has 0 fully saturated rings. The van der Waals surface area contributed by atoms with E-state index in [0.717, 1.165) is 6.42 Å². The first-order valence-electron chi connectivity index (χ1n) is 8.38. The minimum absolute atomic E-state index is 0.206. The molecule has 0 radical (unpaired) electrons. The van der Waals surface area contributed by atoms with Crippen molar-refractivity contribution in [3.05, 3.63) is 41.6 Å². The van der Waals surface area contributed by atoms with Crippen molar-refractivity contribution in [2.75, 3.05) is 18.4 Å². The van der Waals surface area contributed by atoms with E-state index in [2.05, 4.69) is 5.32 Å². The van der Waals surface area contributed by atoms with Crippen molar-refractivity contribution < 1.29 is 23.3 Å². The molecule has 1 aromatic rings. The van der Waals surface area contributed by atoms with Gasteiger partial charge < -0.3 is 5.32 Å². The molecule has 0 bridgehead atoms. The summed E-state index contributed by atoms with van der Waals surface area (Å²) < 4.78 is 14.3. The molecule has 4 amide bonds. The Balaban J connectivity index is 1.79. The summed E-state index contributed by atoms with van der Waals surface area (Å²) in [5.74, 6) is -1.04. The summed E-state index contributed by atoms with van der Waals surface area (Å²) in [6, 6.07) is 4.91. The van der Waals surface area contributed by atoms with Crippen molar-refractivity contribution in [1.29, 1.82) is 0 Å². The van der Waals surface area contributed by atoms with E-state index in [9.17, 15) is 18.8 Å². The second-order valence-corrected chi connectivity index (χ2v) is 7.03. The molecule has 3 rings (SSSR count). The van der Waals surface area contributed by atoms with Gasteiger partial charge in [0.1, 0.15) is 11.5 Å². The zero-order valence-electron chi connectivity index (χ0n) is 14.3. The van der Waals surface area contributed by atoms with Crippen molar-refractivity contribution in [2.45, 2.75) is 25.0 Å². The van der Waals surface area contributed by atoms with E-state index in [1.165, 1.54) is 45.5 Å². The van der Waals surface area contributed by atoms with E-state index in [1.807, 2.05) is 6.92 Å². The van der Waals surface area contributed by atoms with Crippen LogP contribution >= 0.6 is 11.8 Å². The van der Waals surface area contributed by atoms with Gasteiger partial charge in [-0.2, -0.15) is 14.3 Å². The second-order valence-electron chi connectivity index (χ2n) is 6.01. The van der Waals surface area contributed by atoms with Crippen molar-refractivity contribution in [1.82, 2.24) is 4.90 Å². The molecule has 0 spiro atoms. The SMILES string of the molecule is CCCCN1C(=O)C2SC=CC2=[N+](CC(=O)Nc2ccc(F)cc2)C1=O. The van der Waals surface area contributed by atoms with Gasteiger partial charge in [0.2, 0.25) is 0 Å². The number of rotatable bonds is 6. The van der Waals surface area contributed by atoms with E-state index in [4.69, 9.17) is 0 Å². The number of urea groups is 1. The van der Waals surface area contributed by atoms with Crippen molar-refractivity contribution in [3.8, 4) is 0 Å². The number of halogens is 1. The number of anilines is 1. The highest BCUT2D eigenvalue weighted by Gasteiger charge is 2.48. The van der Waals surface area contributed by atoms with Crippen LogP contribution in [0.2, 0.25) is 0 Å². The van der Waals surface area contributed by atoms with Crippen LogP contribution in [0.15, 0.2) is 35.7 Å². The Morgan fingerprint density at radius 1 is 1.31 bits per heavy atom. The Bertz CT molecular complexity index is 804. The minimum atomic E-state index is -0.483. The van der Waals surface area contributed by atoms with Gasteiger partial charge in [-0.1, -0.05) is 13.3 Å². The fraction of sp³-hybridized carbons (Fsp3) is 0.333. The minimum Gasteiger partial charge on any atom is -0.323 e. The molecular formula is C18H19FN3O3S+. The third-order valence-electron chi connectivity index (χ3n) is 4.15. The fourth-order valence-corrected chi connectivity index (χ4v) is 3.78.